The fourth-order valence-electron chi connectivity index (χ4n) is 6.70. The average molecular weight is 552 g/mol. The summed E-state index contributed by atoms with van der Waals surface area (Å²) in [6.45, 7) is 0. The molecule has 1 N–H and O–H groups in total. The molecule has 0 bridgehead atoms. The molecule has 0 aliphatic rings. The highest BCUT2D eigenvalue weighted by atomic mass is 32.1. The van der Waals surface area contributed by atoms with E-state index in [1.54, 1.807) is 0 Å². The van der Waals surface area contributed by atoms with Crippen molar-refractivity contribution in [3.8, 4) is 33.4 Å². The van der Waals surface area contributed by atoms with Crippen molar-refractivity contribution in [1.29, 1.82) is 0 Å². The summed E-state index contributed by atoms with van der Waals surface area (Å²) < 4.78 is 2.64. The van der Waals surface area contributed by atoms with Gasteiger partial charge in [-0.1, -0.05) is 127 Å². The minimum Gasteiger partial charge on any atom is -0.354 e. The fraction of sp³-hybridized carbons (Fsp3) is 0. The van der Waals surface area contributed by atoms with Gasteiger partial charge in [-0.2, -0.15) is 0 Å². The van der Waals surface area contributed by atoms with Gasteiger partial charge < -0.3 is 4.98 Å². The Morgan fingerprint density at radius 3 is 2.07 bits per heavy atom. The van der Waals surface area contributed by atoms with E-state index in [-0.39, 0.29) is 0 Å². The highest BCUT2D eigenvalue weighted by Gasteiger charge is 2.19. The largest absolute Gasteiger partial charge is 0.354 e. The molecule has 0 fully saturated rings. The Labute approximate surface area is 247 Å². The van der Waals surface area contributed by atoms with Crippen molar-refractivity contribution in [2.75, 3.05) is 0 Å². The first-order valence-electron chi connectivity index (χ1n) is 14.4. The van der Waals surface area contributed by atoms with Crippen LogP contribution in [0.3, 0.4) is 0 Å². The van der Waals surface area contributed by atoms with Gasteiger partial charge in [-0.25, -0.2) is 0 Å². The number of fused-ring (bicyclic) bond motifs is 8. The van der Waals surface area contributed by atoms with Crippen molar-refractivity contribution in [2.24, 2.45) is 0 Å². The normalized spacial score (nSPS) is 11.8. The lowest BCUT2D eigenvalue weighted by Gasteiger charge is -2.12. The third kappa shape index (κ3) is 3.49. The number of thiophene rings is 1. The first kappa shape index (κ1) is 23.5. The molecular formula is C40H25NS. The lowest BCUT2D eigenvalue weighted by molar-refractivity contribution is 1.55. The molecule has 0 saturated heterocycles. The van der Waals surface area contributed by atoms with E-state index in [4.69, 9.17) is 0 Å². The Kier molecular flexibility index (Phi) is 5.13. The second kappa shape index (κ2) is 9.17. The number of hydrogen-bond acceptors (Lipinski definition) is 1. The molecule has 7 aromatic carbocycles. The number of aromatic nitrogens is 1. The summed E-state index contributed by atoms with van der Waals surface area (Å²) in [7, 11) is 0. The van der Waals surface area contributed by atoms with E-state index in [9.17, 15) is 0 Å². The smallest absolute Gasteiger partial charge is 0.0545 e. The van der Waals surface area contributed by atoms with E-state index in [1.807, 2.05) is 11.3 Å². The third-order valence-electron chi connectivity index (χ3n) is 8.62. The highest BCUT2D eigenvalue weighted by molar-refractivity contribution is 7.26. The van der Waals surface area contributed by atoms with Crippen LogP contribution < -0.4 is 0 Å². The highest BCUT2D eigenvalue weighted by Crippen LogP contribution is 2.47. The van der Waals surface area contributed by atoms with E-state index in [2.05, 4.69) is 151 Å². The minimum atomic E-state index is 1.18. The van der Waals surface area contributed by atoms with Gasteiger partial charge in [-0.15, -0.1) is 11.3 Å². The van der Waals surface area contributed by atoms with Gasteiger partial charge in [0.25, 0.3) is 0 Å². The van der Waals surface area contributed by atoms with E-state index in [0.29, 0.717) is 0 Å². The quantitative estimate of drug-likeness (QED) is 0.225. The van der Waals surface area contributed by atoms with E-state index < -0.39 is 0 Å². The van der Waals surface area contributed by atoms with Crippen molar-refractivity contribution in [3.63, 3.8) is 0 Å². The zero-order chi connectivity index (χ0) is 27.6. The molecule has 0 spiro atoms. The molecule has 1 nitrogen and oxygen atoms in total. The predicted octanol–water partition coefficient (Wildman–Crippen LogP) is 11.8. The first-order valence-corrected chi connectivity index (χ1v) is 15.2. The number of benzene rings is 7. The van der Waals surface area contributed by atoms with Crippen molar-refractivity contribution >= 4 is 64.1 Å². The maximum absolute atomic E-state index is 3.81. The second-order valence-corrected chi connectivity index (χ2v) is 12.0. The molecule has 42 heavy (non-hydrogen) atoms. The van der Waals surface area contributed by atoms with Gasteiger partial charge in [0.15, 0.2) is 0 Å². The second-order valence-electron chi connectivity index (χ2n) is 11.0. The molecule has 0 aliphatic carbocycles. The predicted molar refractivity (Wildman–Crippen MR) is 183 cm³/mol. The summed E-state index contributed by atoms with van der Waals surface area (Å²) in [4.78, 5) is 3.81. The summed E-state index contributed by atoms with van der Waals surface area (Å²) >= 11 is 1.90. The molecule has 0 atom stereocenters. The van der Waals surface area contributed by atoms with Crippen LogP contribution in [0.15, 0.2) is 146 Å². The number of rotatable bonds is 3. The van der Waals surface area contributed by atoms with Crippen molar-refractivity contribution in [2.45, 2.75) is 0 Å². The molecule has 196 valence electrons. The number of aromatic amines is 1. The molecule has 9 rings (SSSR count). The van der Waals surface area contributed by atoms with Gasteiger partial charge in [0, 0.05) is 47.6 Å². The molecular weight excluding hydrogens is 527 g/mol. The average Bonchev–Trinajstić information content (AvgIpc) is 3.64. The Bertz CT molecular complexity index is 2460. The first-order chi connectivity index (χ1) is 20.8. The summed E-state index contributed by atoms with van der Waals surface area (Å²) in [5, 5.41) is 7.77. The zero-order valence-corrected chi connectivity index (χ0v) is 23.6. The zero-order valence-electron chi connectivity index (χ0n) is 22.8. The molecule has 0 saturated carbocycles. The third-order valence-corrected chi connectivity index (χ3v) is 9.82. The van der Waals surface area contributed by atoms with Crippen LogP contribution in [0.4, 0.5) is 0 Å². The maximum Gasteiger partial charge on any atom is 0.0545 e. The SMILES string of the molecule is c1ccc(-c2cccc(-c3ccc(-c4cccc5c4[nH]c4ccc6ccccc6c45)c4sc5ccccc5c34)c2)cc1. The summed E-state index contributed by atoms with van der Waals surface area (Å²) in [6, 6.07) is 53.0. The number of nitrogens with one attached hydrogen (secondary N) is 1. The van der Waals surface area contributed by atoms with Crippen molar-refractivity contribution < 1.29 is 0 Å². The van der Waals surface area contributed by atoms with Crippen molar-refractivity contribution in [3.05, 3.63) is 146 Å². The fourth-order valence-corrected chi connectivity index (χ4v) is 7.95. The van der Waals surface area contributed by atoms with Crippen LogP contribution in [-0.2, 0) is 0 Å². The molecule has 2 aromatic heterocycles. The summed E-state index contributed by atoms with van der Waals surface area (Å²) in [6.07, 6.45) is 0. The van der Waals surface area contributed by atoms with Gasteiger partial charge >= 0.3 is 0 Å². The van der Waals surface area contributed by atoms with Crippen LogP contribution in [0, 0.1) is 0 Å². The summed E-state index contributed by atoms with van der Waals surface area (Å²) in [5.74, 6) is 0. The maximum atomic E-state index is 3.81. The van der Waals surface area contributed by atoms with Crippen LogP contribution in [0.1, 0.15) is 0 Å². The van der Waals surface area contributed by atoms with E-state index in [0.717, 1.165) is 0 Å². The van der Waals surface area contributed by atoms with Crippen LogP contribution in [0.25, 0.3) is 86.1 Å². The van der Waals surface area contributed by atoms with Crippen LogP contribution in [0.5, 0.6) is 0 Å². The monoisotopic (exact) mass is 551 g/mol. The van der Waals surface area contributed by atoms with Crippen LogP contribution in [0.2, 0.25) is 0 Å². The molecule has 0 unspecified atom stereocenters. The minimum absolute atomic E-state index is 1.18. The van der Waals surface area contributed by atoms with Gasteiger partial charge in [0.05, 0.1) is 5.52 Å². The van der Waals surface area contributed by atoms with Gasteiger partial charge in [-0.3, -0.25) is 0 Å². The van der Waals surface area contributed by atoms with E-state index in [1.165, 1.54) is 86.1 Å². The Morgan fingerprint density at radius 1 is 0.429 bits per heavy atom. The van der Waals surface area contributed by atoms with Gasteiger partial charge in [-0.05, 0) is 51.2 Å². The standard InChI is InChI=1S/C40H25NS/c1-2-10-25(11-3-1)27-13-8-14-28(24-27)30-21-22-32(40-38(30)33-16-6-7-19-36(33)42-40)31-17-9-18-34-37-29-15-5-4-12-26(29)20-23-35(37)41-39(31)34/h1-24,41H. The van der Waals surface area contributed by atoms with Gasteiger partial charge in [0.1, 0.15) is 0 Å². The number of hydrogen-bond donors (Lipinski definition) is 1. The topological polar surface area (TPSA) is 15.8 Å². The Morgan fingerprint density at radius 2 is 1.14 bits per heavy atom. The Balaban J connectivity index is 1.33. The van der Waals surface area contributed by atoms with Crippen LogP contribution in [-0.4, -0.2) is 4.98 Å². The van der Waals surface area contributed by atoms with E-state index >= 15 is 0 Å². The molecule has 0 amide bonds. The van der Waals surface area contributed by atoms with Gasteiger partial charge in [0.2, 0.25) is 0 Å². The molecule has 0 radical (unpaired) electrons. The molecule has 0 aliphatic heterocycles. The molecule has 2 heterocycles. The summed E-state index contributed by atoms with van der Waals surface area (Å²) in [5.41, 5.74) is 9.88. The number of para-hydroxylation sites is 1. The van der Waals surface area contributed by atoms with Crippen molar-refractivity contribution in [1.82, 2.24) is 4.98 Å². The van der Waals surface area contributed by atoms with Crippen LogP contribution >= 0.6 is 11.3 Å². The lowest BCUT2D eigenvalue weighted by Crippen LogP contribution is -1.86. The number of H-pyrrole nitrogens is 1. The molecule has 9 aromatic rings. The lowest BCUT2D eigenvalue weighted by atomic mass is 9.92. The molecule has 2 heteroatoms. The Hall–Kier alpha value is -5.18.